The van der Waals surface area contributed by atoms with Crippen LogP contribution in [-0.4, -0.2) is 27.7 Å². The first-order valence-electron chi connectivity index (χ1n) is 8.95. The lowest BCUT2D eigenvalue weighted by Gasteiger charge is -2.05. The number of halogens is 1. The van der Waals surface area contributed by atoms with Crippen LogP contribution in [0.1, 0.15) is 12.7 Å². The van der Waals surface area contributed by atoms with Crippen molar-refractivity contribution in [1.29, 1.82) is 0 Å². The molecule has 4 rings (SSSR count). The highest BCUT2D eigenvalue weighted by atomic mass is 79.9. The van der Waals surface area contributed by atoms with Crippen LogP contribution < -0.4 is 4.74 Å². The Morgan fingerprint density at radius 2 is 2.07 bits per heavy atom. The summed E-state index contributed by atoms with van der Waals surface area (Å²) >= 11 is 8.87. The molecule has 0 atom stereocenters. The van der Waals surface area contributed by atoms with Crippen LogP contribution in [-0.2, 0) is 0 Å². The van der Waals surface area contributed by atoms with Crippen LogP contribution >= 0.6 is 28.1 Å². The first-order valence-corrected chi connectivity index (χ1v) is 10.2. The van der Waals surface area contributed by atoms with Gasteiger partial charge in [0.1, 0.15) is 17.3 Å². The zero-order chi connectivity index (χ0) is 20.2. The van der Waals surface area contributed by atoms with Gasteiger partial charge in [-0.15, -0.1) is 0 Å². The van der Waals surface area contributed by atoms with Gasteiger partial charge < -0.3 is 9.15 Å². The van der Waals surface area contributed by atoms with E-state index in [0.29, 0.717) is 23.0 Å². The highest BCUT2D eigenvalue weighted by Gasteiger charge is 2.10. The van der Waals surface area contributed by atoms with E-state index in [-0.39, 0.29) is 0 Å². The smallest absolute Gasteiger partial charge is 0.216 e. The summed E-state index contributed by atoms with van der Waals surface area (Å²) < 4.78 is 14.4. The number of hydrogen-bond donors (Lipinski definition) is 1. The monoisotopic (exact) mass is 468 g/mol. The van der Waals surface area contributed by atoms with Gasteiger partial charge in [-0.25, -0.2) is 5.10 Å². The molecule has 0 saturated carbocycles. The number of aromatic nitrogens is 3. The molecule has 146 valence electrons. The van der Waals surface area contributed by atoms with Crippen molar-refractivity contribution in [2.45, 2.75) is 6.92 Å². The predicted octanol–water partition coefficient (Wildman–Crippen LogP) is 5.91. The Morgan fingerprint density at radius 3 is 2.90 bits per heavy atom. The molecule has 0 aliphatic heterocycles. The quantitative estimate of drug-likeness (QED) is 0.282. The first kappa shape index (κ1) is 19.4. The number of benzene rings is 2. The van der Waals surface area contributed by atoms with Gasteiger partial charge in [-0.2, -0.15) is 14.9 Å². The Kier molecular flexibility index (Phi) is 5.73. The summed E-state index contributed by atoms with van der Waals surface area (Å²) in [5.74, 6) is 2.70. The number of hydrogen-bond acceptors (Lipinski definition) is 5. The Morgan fingerprint density at radius 1 is 1.21 bits per heavy atom. The Labute approximate surface area is 181 Å². The average Bonchev–Trinajstić information content (AvgIpc) is 3.34. The number of nitrogens with one attached hydrogen (secondary N) is 1. The highest BCUT2D eigenvalue weighted by molar-refractivity contribution is 9.10. The van der Waals surface area contributed by atoms with Crippen LogP contribution in [0.15, 0.2) is 74.7 Å². The maximum absolute atomic E-state index is 5.91. The van der Waals surface area contributed by atoms with Crippen LogP contribution in [0.4, 0.5) is 0 Å². The minimum Gasteiger partial charge on any atom is -0.494 e. The summed E-state index contributed by atoms with van der Waals surface area (Å²) in [6.07, 6.45) is 1.61. The normalized spacial score (nSPS) is 11.2. The van der Waals surface area contributed by atoms with E-state index in [1.165, 1.54) is 0 Å². The molecule has 0 amide bonds. The second-order valence-electron chi connectivity index (χ2n) is 6.05. The zero-order valence-corrected chi connectivity index (χ0v) is 17.9. The number of nitrogens with zero attached hydrogens (tertiary/aromatic N) is 3. The Hall–Kier alpha value is -2.97. The molecule has 0 spiro atoms. The lowest BCUT2D eigenvalue weighted by molar-refractivity contribution is 0.340. The zero-order valence-electron chi connectivity index (χ0n) is 15.5. The van der Waals surface area contributed by atoms with Crippen LogP contribution in [0, 0.1) is 4.77 Å². The second kappa shape index (κ2) is 8.59. The van der Waals surface area contributed by atoms with Crippen molar-refractivity contribution in [3.8, 4) is 28.5 Å². The molecular formula is C21H17BrN4O2S. The molecule has 2 aromatic carbocycles. The SMILES string of the molecule is CCOc1cccc(-c2n[nH]c(=S)n2N=Cc2ccc(-c3ccccc3Br)o2)c1. The topological polar surface area (TPSA) is 68.3 Å². The van der Waals surface area contributed by atoms with Gasteiger partial charge in [-0.1, -0.05) is 46.3 Å². The summed E-state index contributed by atoms with van der Waals surface area (Å²) in [5.41, 5.74) is 1.81. The van der Waals surface area contributed by atoms with Gasteiger partial charge in [0.15, 0.2) is 5.82 Å². The molecule has 0 radical (unpaired) electrons. The number of ether oxygens (including phenoxy) is 1. The standard InChI is InChI=1S/C21H17BrN4O2S/c1-2-27-15-7-5-6-14(12-15)20-24-25-21(29)26(20)23-13-16-10-11-19(28-16)17-8-3-4-9-18(17)22/h3-13H,2H2,1H3,(H,25,29). The lowest BCUT2D eigenvalue weighted by Crippen LogP contribution is -1.96. The van der Waals surface area contributed by atoms with Gasteiger partial charge in [0.05, 0.1) is 12.8 Å². The van der Waals surface area contributed by atoms with Crippen molar-refractivity contribution >= 4 is 34.4 Å². The van der Waals surface area contributed by atoms with Crippen LogP contribution in [0.25, 0.3) is 22.7 Å². The molecule has 2 aromatic heterocycles. The van der Waals surface area contributed by atoms with Crippen molar-refractivity contribution in [2.24, 2.45) is 5.10 Å². The molecule has 2 heterocycles. The minimum atomic E-state index is 0.385. The third-order valence-electron chi connectivity index (χ3n) is 4.12. The van der Waals surface area contributed by atoms with Gasteiger partial charge in [0, 0.05) is 15.6 Å². The molecule has 29 heavy (non-hydrogen) atoms. The van der Waals surface area contributed by atoms with Gasteiger partial charge in [0.25, 0.3) is 0 Å². The average molecular weight is 469 g/mol. The van der Waals surface area contributed by atoms with E-state index in [9.17, 15) is 0 Å². The molecule has 0 aliphatic rings. The van der Waals surface area contributed by atoms with Crippen molar-refractivity contribution in [1.82, 2.24) is 14.9 Å². The van der Waals surface area contributed by atoms with E-state index in [0.717, 1.165) is 27.1 Å². The molecule has 6 nitrogen and oxygen atoms in total. The number of rotatable bonds is 6. The number of furan rings is 1. The van der Waals surface area contributed by atoms with Crippen molar-refractivity contribution in [2.75, 3.05) is 6.61 Å². The van der Waals surface area contributed by atoms with Crippen molar-refractivity contribution in [3.05, 3.63) is 75.7 Å². The van der Waals surface area contributed by atoms with E-state index in [1.807, 2.05) is 67.6 Å². The van der Waals surface area contributed by atoms with Crippen molar-refractivity contribution in [3.63, 3.8) is 0 Å². The Bertz CT molecular complexity index is 1230. The summed E-state index contributed by atoms with van der Waals surface area (Å²) in [7, 11) is 0. The maximum Gasteiger partial charge on any atom is 0.216 e. The molecule has 0 aliphatic carbocycles. The highest BCUT2D eigenvalue weighted by Crippen LogP contribution is 2.29. The summed E-state index contributed by atoms with van der Waals surface area (Å²) in [5, 5.41) is 11.6. The van der Waals surface area contributed by atoms with E-state index < -0.39 is 0 Å². The maximum atomic E-state index is 5.91. The van der Waals surface area contributed by atoms with E-state index in [2.05, 4.69) is 31.2 Å². The fourth-order valence-electron chi connectivity index (χ4n) is 2.82. The molecule has 4 aromatic rings. The molecule has 8 heteroatoms. The third kappa shape index (κ3) is 4.23. The fraction of sp³-hybridized carbons (Fsp3) is 0.0952. The molecule has 0 fully saturated rings. The Balaban J connectivity index is 1.64. The van der Waals surface area contributed by atoms with Gasteiger partial charge >= 0.3 is 0 Å². The van der Waals surface area contributed by atoms with Gasteiger partial charge in [-0.3, -0.25) is 0 Å². The van der Waals surface area contributed by atoms with Crippen LogP contribution in [0.5, 0.6) is 5.75 Å². The summed E-state index contributed by atoms with van der Waals surface area (Å²) in [4.78, 5) is 0. The predicted molar refractivity (Wildman–Crippen MR) is 119 cm³/mol. The lowest BCUT2D eigenvalue weighted by atomic mass is 10.2. The molecular weight excluding hydrogens is 452 g/mol. The molecule has 0 bridgehead atoms. The summed E-state index contributed by atoms with van der Waals surface area (Å²) in [6.45, 7) is 2.53. The molecule has 1 N–H and O–H groups in total. The molecule has 0 saturated heterocycles. The van der Waals surface area contributed by atoms with Gasteiger partial charge in [0.2, 0.25) is 4.77 Å². The van der Waals surface area contributed by atoms with Gasteiger partial charge in [-0.05, 0) is 49.5 Å². The number of aromatic amines is 1. The minimum absolute atomic E-state index is 0.385. The molecule has 0 unspecified atom stereocenters. The van der Waals surface area contributed by atoms with Crippen molar-refractivity contribution < 1.29 is 9.15 Å². The van der Waals surface area contributed by atoms with Crippen LogP contribution in [0.2, 0.25) is 0 Å². The largest absolute Gasteiger partial charge is 0.494 e. The van der Waals surface area contributed by atoms with Crippen LogP contribution in [0.3, 0.4) is 0 Å². The van der Waals surface area contributed by atoms with E-state index >= 15 is 0 Å². The number of H-pyrrole nitrogens is 1. The fourth-order valence-corrected chi connectivity index (χ4v) is 3.48. The van der Waals surface area contributed by atoms with E-state index in [1.54, 1.807) is 10.9 Å². The third-order valence-corrected chi connectivity index (χ3v) is 5.08. The van der Waals surface area contributed by atoms with E-state index in [4.69, 9.17) is 21.4 Å². The second-order valence-corrected chi connectivity index (χ2v) is 7.29. The first-order chi connectivity index (χ1) is 14.2. The summed E-state index contributed by atoms with van der Waals surface area (Å²) in [6, 6.07) is 19.3.